The van der Waals surface area contributed by atoms with E-state index >= 15 is 0 Å². The largest absolute Gasteiger partial charge is 0.381 e. The van der Waals surface area contributed by atoms with Gasteiger partial charge in [-0.3, -0.25) is 9.48 Å². The number of anilines is 1. The van der Waals surface area contributed by atoms with Gasteiger partial charge in [0.1, 0.15) is 5.82 Å². The molecule has 2 unspecified atom stereocenters. The second-order valence-electron chi connectivity index (χ2n) is 7.40. The highest BCUT2D eigenvalue weighted by Gasteiger charge is 2.39. The highest BCUT2D eigenvalue weighted by Crippen LogP contribution is 2.43. The van der Waals surface area contributed by atoms with Gasteiger partial charge in [0, 0.05) is 48.5 Å². The van der Waals surface area contributed by atoms with Crippen molar-refractivity contribution in [2.75, 3.05) is 25.1 Å². The van der Waals surface area contributed by atoms with Gasteiger partial charge in [-0.25, -0.2) is 0 Å². The van der Waals surface area contributed by atoms with Crippen molar-refractivity contribution in [1.29, 1.82) is 0 Å². The van der Waals surface area contributed by atoms with Crippen molar-refractivity contribution in [3.63, 3.8) is 0 Å². The van der Waals surface area contributed by atoms with Crippen LogP contribution in [0.4, 0.5) is 5.82 Å². The molecule has 0 aromatic carbocycles. The van der Waals surface area contributed by atoms with Crippen LogP contribution in [0.3, 0.4) is 0 Å². The number of hydrogen-bond acceptors (Lipinski definition) is 5. The molecule has 2 atom stereocenters. The number of amides is 1. The molecule has 1 saturated carbocycles. The Morgan fingerprint density at radius 2 is 2.19 bits per heavy atom. The van der Waals surface area contributed by atoms with Crippen LogP contribution in [0.15, 0.2) is 17.5 Å². The summed E-state index contributed by atoms with van der Waals surface area (Å²) in [5.41, 5.74) is 1.63. The summed E-state index contributed by atoms with van der Waals surface area (Å²) < 4.78 is 7.11. The quantitative estimate of drug-likeness (QED) is 0.816. The summed E-state index contributed by atoms with van der Waals surface area (Å²) >= 11 is 1.69. The molecule has 2 fully saturated rings. The molecule has 2 aromatic rings. The van der Waals surface area contributed by atoms with Crippen molar-refractivity contribution in [2.24, 2.45) is 13.0 Å². The smallest absolute Gasteiger partial charge is 0.257 e. The molecular formula is C19H26N4O2S. The first-order valence-corrected chi connectivity index (χ1v) is 10.2. The van der Waals surface area contributed by atoms with Crippen LogP contribution >= 0.6 is 11.3 Å². The minimum absolute atomic E-state index is 0.0668. The normalized spacial score (nSPS) is 23.2. The summed E-state index contributed by atoms with van der Waals surface area (Å²) in [5, 5.41) is 12.9. The SMILES string of the molecule is Cc1cc(NC(=O)c2csc(C3CC3NCC3CCOCC3)c2)n(C)n1. The lowest BCUT2D eigenvalue weighted by atomic mass is 10.0. The molecule has 4 rings (SSSR count). The number of nitrogens with zero attached hydrogens (tertiary/aromatic N) is 2. The van der Waals surface area contributed by atoms with Gasteiger partial charge in [-0.15, -0.1) is 11.3 Å². The average molecular weight is 375 g/mol. The number of aryl methyl sites for hydroxylation is 2. The maximum absolute atomic E-state index is 12.5. The first-order valence-electron chi connectivity index (χ1n) is 9.31. The lowest BCUT2D eigenvalue weighted by Gasteiger charge is -2.22. The molecule has 6 nitrogen and oxygen atoms in total. The van der Waals surface area contributed by atoms with Crippen molar-refractivity contribution in [3.05, 3.63) is 33.6 Å². The van der Waals surface area contributed by atoms with Crippen LogP contribution in [-0.2, 0) is 11.8 Å². The molecule has 2 aliphatic rings. The highest BCUT2D eigenvalue weighted by atomic mass is 32.1. The van der Waals surface area contributed by atoms with E-state index in [0.717, 1.165) is 42.8 Å². The van der Waals surface area contributed by atoms with E-state index in [1.807, 2.05) is 31.5 Å². The summed E-state index contributed by atoms with van der Waals surface area (Å²) in [7, 11) is 1.83. The topological polar surface area (TPSA) is 68.2 Å². The zero-order valence-corrected chi connectivity index (χ0v) is 16.1. The number of hydrogen-bond donors (Lipinski definition) is 2. The van der Waals surface area contributed by atoms with Crippen LogP contribution in [0.2, 0.25) is 0 Å². The van der Waals surface area contributed by atoms with Gasteiger partial charge >= 0.3 is 0 Å². The summed E-state index contributed by atoms with van der Waals surface area (Å²) in [6, 6.07) is 4.49. The fourth-order valence-electron chi connectivity index (χ4n) is 3.59. The van der Waals surface area contributed by atoms with Gasteiger partial charge in [0.25, 0.3) is 5.91 Å². The maximum atomic E-state index is 12.5. The Labute approximate surface area is 157 Å². The second kappa shape index (κ2) is 7.50. The Morgan fingerprint density at radius 1 is 1.38 bits per heavy atom. The summed E-state index contributed by atoms with van der Waals surface area (Å²) in [6.45, 7) is 4.81. The zero-order chi connectivity index (χ0) is 18.1. The molecule has 1 saturated heterocycles. The van der Waals surface area contributed by atoms with Gasteiger partial charge < -0.3 is 15.4 Å². The van der Waals surface area contributed by atoms with Gasteiger partial charge in [-0.2, -0.15) is 5.10 Å². The van der Waals surface area contributed by atoms with Crippen molar-refractivity contribution in [1.82, 2.24) is 15.1 Å². The number of rotatable bonds is 6. The number of ether oxygens (including phenoxy) is 1. The van der Waals surface area contributed by atoms with E-state index < -0.39 is 0 Å². The predicted octanol–water partition coefficient (Wildman–Crippen LogP) is 2.91. The predicted molar refractivity (Wildman–Crippen MR) is 103 cm³/mol. The summed E-state index contributed by atoms with van der Waals surface area (Å²) in [5.74, 6) is 1.96. The van der Waals surface area contributed by atoms with Crippen LogP contribution in [-0.4, -0.2) is 41.5 Å². The Hall–Kier alpha value is -1.70. The second-order valence-corrected chi connectivity index (χ2v) is 8.34. The van der Waals surface area contributed by atoms with Crippen LogP contribution in [0, 0.1) is 12.8 Å². The van der Waals surface area contributed by atoms with Gasteiger partial charge in [0.2, 0.25) is 0 Å². The van der Waals surface area contributed by atoms with E-state index in [1.165, 1.54) is 24.1 Å². The Morgan fingerprint density at radius 3 is 2.92 bits per heavy atom. The lowest BCUT2D eigenvalue weighted by Crippen LogP contribution is -2.29. The molecule has 26 heavy (non-hydrogen) atoms. The van der Waals surface area contributed by atoms with E-state index in [1.54, 1.807) is 16.0 Å². The van der Waals surface area contributed by atoms with Crippen molar-refractivity contribution < 1.29 is 9.53 Å². The standard InChI is InChI=1S/C19H26N4O2S/c1-12-7-18(23(2)22-12)21-19(24)14-8-17(26-11-14)15-9-16(15)20-10-13-3-5-25-6-4-13/h7-8,11,13,15-16,20H,3-6,9-10H2,1-2H3,(H,21,24). The summed E-state index contributed by atoms with van der Waals surface area (Å²) in [6.07, 6.45) is 3.51. The molecule has 140 valence electrons. The Kier molecular flexibility index (Phi) is 5.11. The molecule has 7 heteroatoms. The van der Waals surface area contributed by atoms with E-state index in [2.05, 4.69) is 15.7 Å². The Bertz CT molecular complexity index is 778. The molecule has 3 heterocycles. The molecule has 1 aliphatic heterocycles. The minimum Gasteiger partial charge on any atom is -0.381 e. The first kappa shape index (κ1) is 17.7. The van der Waals surface area contributed by atoms with Crippen molar-refractivity contribution >= 4 is 23.1 Å². The van der Waals surface area contributed by atoms with Gasteiger partial charge in [0.05, 0.1) is 11.3 Å². The van der Waals surface area contributed by atoms with E-state index in [-0.39, 0.29) is 5.91 Å². The number of nitrogens with one attached hydrogen (secondary N) is 2. The maximum Gasteiger partial charge on any atom is 0.257 e. The molecule has 0 bridgehead atoms. The Balaban J connectivity index is 1.29. The lowest BCUT2D eigenvalue weighted by molar-refractivity contribution is 0.0662. The molecular weight excluding hydrogens is 348 g/mol. The van der Waals surface area contributed by atoms with Gasteiger partial charge in [-0.1, -0.05) is 0 Å². The average Bonchev–Trinajstić information content (AvgIpc) is 3.10. The number of carbonyl (C=O) groups is 1. The summed E-state index contributed by atoms with van der Waals surface area (Å²) in [4.78, 5) is 13.8. The minimum atomic E-state index is -0.0668. The molecule has 2 N–H and O–H groups in total. The third-order valence-electron chi connectivity index (χ3n) is 5.29. The van der Waals surface area contributed by atoms with Crippen LogP contribution in [0.1, 0.15) is 46.1 Å². The first-order chi connectivity index (χ1) is 12.6. The van der Waals surface area contributed by atoms with Crippen LogP contribution in [0.25, 0.3) is 0 Å². The molecule has 1 aliphatic carbocycles. The van der Waals surface area contributed by atoms with E-state index in [4.69, 9.17) is 4.74 Å². The third kappa shape index (κ3) is 4.00. The fourth-order valence-corrected chi connectivity index (χ4v) is 4.65. The van der Waals surface area contributed by atoms with Gasteiger partial charge in [-0.05, 0) is 44.7 Å². The monoisotopic (exact) mass is 374 g/mol. The van der Waals surface area contributed by atoms with Crippen LogP contribution in [0.5, 0.6) is 0 Å². The molecule has 0 radical (unpaired) electrons. The highest BCUT2D eigenvalue weighted by molar-refractivity contribution is 7.10. The molecule has 1 amide bonds. The fraction of sp³-hybridized carbons (Fsp3) is 0.579. The molecule has 0 spiro atoms. The molecule has 2 aromatic heterocycles. The van der Waals surface area contributed by atoms with Crippen molar-refractivity contribution in [3.8, 4) is 0 Å². The number of aromatic nitrogens is 2. The van der Waals surface area contributed by atoms with Crippen molar-refractivity contribution in [2.45, 2.75) is 38.1 Å². The van der Waals surface area contributed by atoms with Crippen LogP contribution < -0.4 is 10.6 Å². The third-order valence-corrected chi connectivity index (χ3v) is 6.36. The number of thiophene rings is 1. The van der Waals surface area contributed by atoms with E-state index in [9.17, 15) is 4.79 Å². The number of carbonyl (C=O) groups excluding carboxylic acids is 1. The van der Waals surface area contributed by atoms with E-state index in [0.29, 0.717) is 12.0 Å². The zero-order valence-electron chi connectivity index (χ0n) is 15.3. The van der Waals surface area contributed by atoms with Gasteiger partial charge in [0.15, 0.2) is 0 Å².